The van der Waals surface area contributed by atoms with Gasteiger partial charge in [-0.2, -0.15) is 5.10 Å². The van der Waals surface area contributed by atoms with Crippen molar-refractivity contribution in [2.75, 3.05) is 25.0 Å². The van der Waals surface area contributed by atoms with Crippen molar-refractivity contribution in [1.82, 2.24) is 15.1 Å². The summed E-state index contributed by atoms with van der Waals surface area (Å²) in [7, 11) is 1.88. The third kappa shape index (κ3) is 4.45. The number of aryl methyl sites for hydroxylation is 1. The molecule has 8 heteroatoms. The maximum Gasteiger partial charge on any atom is 0.229 e. The van der Waals surface area contributed by atoms with Crippen LogP contribution in [0, 0.1) is 5.92 Å². The molecule has 2 aromatic rings. The molecule has 0 aliphatic carbocycles. The van der Waals surface area contributed by atoms with Gasteiger partial charge in [0.1, 0.15) is 5.75 Å². The fourth-order valence-corrected chi connectivity index (χ4v) is 3.26. The Kier molecular flexibility index (Phi) is 6.70. The Labute approximate surface area is 158 Å². The van der Waals surface area contributed by atoms with Gasteiger partial charge >= 0.3 is 0 Å². The number of hydrogen-bond donors (Lipinski definition) is 2. The molecule has 2 atom stereocenters. The lowest BCUT2D eigenvalue weighted by Gasteiger charge is -2.17. The lowest BCUT2D eigenvalue weighted by atomic mass is 9.90. The highest BCUT2D eigenvalue weighted by Gasteiger charge is 2.34. The number of benzene rings is 1. The Hall–Kier alpha value is -1.76. The van der Waals surface area contributed by atoms with Gasteiger partial charge in [0.25, 0.3) is 0 Å². The van der Waals surface area contributed by atoms with Crippen LogP contribution >= 0.6 is 24.0 Å². The molecule has 1 aliphatic heterocycles. The summed E-state index contributed by atoms with van der Waals surface area (Å²) in [6, 6.07) is 5.29. The summed E-state index contributed by atoms with van der Waals surface area (Å²) in [6.45, 7) is 3.87. The predicted molar refractivity (Wildman–Crippen MR) is 101 cm³/mol. The van der Waals surface area contributed by atoms with Gasteiger partial charge in [-0.15, -0.1) is 12.4 Å². The summed E-state index contributed by atoms with van der Waals surface area (Å²) in [6.07, 6.45) is 3.79. The monoisotopic (exact) mass is 384 g/mol. The molecule has 1 aliphatic rings. The smallest absolute Gasteiger partial charge is 0.229 e. The first-order chi connectivity index (χ1) is 11.6. The first kappa shape index (κ1) is 19.6. The third-order valence-electron chi connectivity index (χ3n) is 4.20. The van der Waals surface area contributed by atoms with Crippen LogP contribution in [0.5, 0.6) is 5.75 Å². The number of carbonyl (C=O) groups is 1. The van der Waals surface area contributed by atoms with Crippen molar-refractivity contribution in [3.63, 3.8) is 0 Å². The third-order valence-corrected chi connectivity index (χ3v) is 4.50. The number of nitrogens with zero attached hydrogens (tertiary/aromatic N) is 2. The van der Waals surface area contributed by atoms with Gasteiger partial charge < -0.3 is 15.4 Å². The number of hydrogen-bond acceptors (Lipinski definition) is 4. The van der Waals surface area contributed by atoms with Gasteiger partial charge in [0, 0.05) is 37.9 Å². The second-order valence-electron chi connectivity index (χ2n) is 5.89. The maximum absolute atomic E-state index is 12.7. The van der Waals surface area contributed by atoms with Crippen LogP contribution < -0.4 is 15.4 Å². The standard InChI is InChI=1S/C17H21ClN4O2.ClH/c1-3-24-16-5-4-12(6-15(16)18)21-17(23)14-9-19-8-13(14)11-7-20-22(2)10-11;/h4-7,10,13-14,19H,3,8-9H2,1-2H3,(H,21,23);1H/t13-,14+;/m1./s1. The topological polar surface area (TPSA) is 68.2 Å². The summed E-state index contributed by atoms with van der Waals surface area (Å²) in [4.78, 5) is 12.7. The Balaban J connectivity index is 0.00000225. The molecule has 1 amide bonds. The Morgan fingerprint density at radius 3 is 2.92 bits per heavy atom. The summed E-state index contributed by atoms with van der Waals surface area (Å²) in [5.74, 6) is 0.582. The minimum absolute atomic E-state index is 0. The molecule has 3 rings (SSSR count). The molecule has 1 fully saturated rings. The van der Waals surface area contributed by atoms with Crippen LogP contribution in [0.2, 0.25) is 5.02 Å². The zero-order chi connectivity index (χ0) is 17.1. The number of halogens is 2. The van der Waals surface area contributed by atoms with Gasteiger partial charge in [-0.05, 0) is 30.7 Å². The van der Waals surface area contributed by atoms with Crippen molar-refractivity contribution in [3.05, 3.63) is 41.2 Å². The molecule has 0 radical (unpaired) electrons. The van der Waals surface area contributed by atoms with E-state index < -0.39 is 0 Å². The van der Waals surface area contributed by atoms with Crippen LogP contribution in [0.25, 0.3) is 0 Å². The van der Waals surface area contributed by atoms with E-state index in [4.69, 9.17) is 16.3 Å². The molecular weight excluding hydrogens is 363 g/mol. The lowest BCUT2D eigenvalue weighted by Crippen LogP contribution is -2.28. The average molecular weight is 385 g/mol. The first-order valence-electron chi connectivity index (χ1n) is 8.01. The minimum atomic E-state index is -0.139. The molecule has 1 aromatic heterocycles. The number of amides is 1. The Morgan fingerprint density at radius 1 is 1.48 bits per heavy atom. The number of ether oxygens (including phenoxy) is 1. The number of carbonyl (C=O) groups excluding carboxylic acids is 1. The summed E-state index contributed by atoms with van der Waals surface area (Å²) >= 11 is 6.18. The van der Waals surface area contributed by atoms with Crippen molar-refractivity contribution in [2.24, 2.45) is 13.0 Å². The predicted octanol–water partition coefficient (Wildman–Crippen LogP) is 2.84. The van der Waals surface area contributed by atoms with E-state index in [-0.39, 0.29) is 30.2 Å². The van der Waals surface area contributed by atoms with Gasteiger partial charge in [-0.3, -0.25) is 9.48 Å². The summed E-state index contributed by atoms with van der Waals surface area (Å²) in [5, 5.41) is 10.9. The van der Waals surface area contributed by atoms with E-state index in [0.717, 1.165) is 12.1 Å². The molecule has 136 valence electrons. The van der Waals surface area contributed by atoms with E-state index in [9.17, 15) is 4.79 Å². The van der Waals surface area contributed by atoms with Crippen LogP contribution in [-0.2, 0) is 11.8 Å². The van der Waals surface area contributed by atoms with Gasteiger partial charge in [0.2, 0.25) is 5.91 Å². The molecule has 0 bridgehead atoms. The number of rotatable bonds is 5. The van der Waals surface area contributed by atoms with Crippen LogP contribution in [0.3, 0.4) is 0 Å². The van der Waals surface area contributed by atoms with Crippen molar-refractivity contribution in [3.8, 4) is 5.75 Å². The highest BCUT2D eigenvalue weighted by Crippen LogP contribution is 2.31. The molecule has 25 heavy (non-hydrogen) atoms. The molecule has 2 heterocycles. The van der Waals surface area contributed by atoms with Gasteiger partial charge in [0.15, 0.2) is 0 Å². The highest BCUT2D eigenvalue weighted by molar-refractivity contribution is 6.32. The molecular formula is C17H22Cl2N4O2. The van der Waals surface area contributed by atoms with Crippen molar-refractivity contribution in [2.45, 2.75) is 12.8 Å². The van der Waals surface area contributed by atoms with Crippen molar-refractivity contribution < 1.29 is 9.53 Å². The van der Waals surface area contributed by atoms with Crippen LogP contribution in [0.1, 0.15) is 18.4 Å². The first-order valence-corrected chi connectivity index (χ1v) is 8.38. The highest BCUT2D eigenvalue weighted by atomic mass is 35.5. The Morgan fingerprint density at radius 2 is 2.28 bits per heavy atom. The van der Waals surface area contributed by atoms with E-state index >= 15 is 0 Å². The zero-order valence-corrected chi connectivity index (χ0v) is 15.7. The van der Waals surface area contributed by atoms with Crippen LogP contribution in [-0.4, -0.2) is 35.4 Å². The lowest BCUT2D eigenvalue weighted by molar-refractivity contribution is -0.119. The summed E-state index contributed by atoms with van der Waals surface area (Å²) in [5.41, 5.74) is 1.75. The normalized spacial score (nSPS) is 19.3. The van der Waals surface area contributed by atoms with Gasteiger partial charge in [-0.25, -0.2) is 0 Å². The van der Waals surface area contributed by atoms with E-state index in [2.05, 4.69) is 15.7 Å². The van der Waals surface area contributed by atoms with Crippen molar-refractivity contribution in [1.29, 1.82) is 0 Å². The maximum atomic E-state index is 12.7. The average Bonchev–Trinajstić information content (AvgIpc) is 3.18. The largest absolute Gasteiger partial charge is 0.492 e. The molecule has 1 aromatic carbocycles. The zero-order valence-electron chi connectivity index (χ0n) is 14.2. The molecule has 0 spiro atoms. The number of anilines is 1. The second-order valence-corrected chi connectivity index (χ2v) is 6.29. The SMILES string of the molecule is CCOc1ccc(NC(=O)[C@H]2CNC[C@@H]2c2cnn(C)c2)cc1Cl.Cl. The fourth-order valence-electron chi connectivity index (χ4n) is 3.02. The number of nitrogens with one attached hydrogen (secondary N) is 2. The van der Waals surface area contributed by atoms with Crippen LogP contribution in [0.4, 0.5) is 5.69 Å². The molecule has 0 unspecified atom stereocenters. The van der Waals surface area contributed by atoms with Crippen LogP contribution in [0.15, 0.2) is 30.6 Å². The molecule has 1 saturated heterocycles. The van der Waals surface area contributed by atoms with E-state index in [1.807, 2.05) is 26.4 Å². The number of aromatic nitrogens is 2. The van der Waals surface area contributed by atoms with Gasteiger partial charge in [0.05, 0.1) is 23.7 Å². The fraction of sp³-hybridized carbons (Fsp3) is 0.412. The van der Waals surface area contributed by atoms with Crippen molar-refractivity contribution >= 4 is 35.6 Å². The molecule has 2 N–H and O–H groups in total. The molecule has 0 saturated carbocycles. The van der Waals surface area contributed by atoms with E-state index in [1.165, 1.54) is 0 Å². The van der Waals surface area contributed by atoms with Gasteiger partial charge in [-0.1, -0.05) is 11.6 Å². The van der Waals surface area contributed by atoms with E-state index in [0.29, 0.717) is 29.6 Å². The molecule has 6 nitrogen and oxygen atoms in total. The quantitative estimate of drug-likeness (QED) is 0.831. The second kappa shape index (κ2) is 8.56. The summed E-state index contributed by atoms with van der Waals surface area (Å²) < 4.78 is 7.17. The van der Waals surface area contributed by atoms with E-state index in [1.54, 1.807) is 22.9 Å². The Bertz CT molecular complexity index is 735. The minimum Gasteiger partial charge on any atom is -0.492 e.